The highest BCUT2D eigenvalue weighted by Gasteiger charge is 2.52. The van der Waals surface area contributed by atoms with Gasteiger partial charge in [-0.05, 0) is 61.7 Å². The maximum absolute atomic E-state index is 12.9. The van der Waals surface area contributed by atoms with E-state index in [0.29, 0.717) is 34.8 Å². The van der Waals surface area contributed by atoms with E-state index in [0.717, 1.165) is 5.56 Å². The molecule has 1 saturated heterocycles. The first kappa shape index (κ1) is 21.5. The number of carbonyl (C=O) groups is 3. The van der Waals surface area contributed by atoms with E-state index in [1.807, 2.05) is 13.0 Å². The third-order valence-corrected chi connectivity index (χ3v) is 8.72. The zero-order valence-corrected chi connectivity index (χ0v) is 20.0. The van der Waals surface area contributed by atoms with Crippen molar-refractivity contribution in [3.63, 3.8) is 0 Å². The summed E-state index contributed by atoms with van der Waals surface area (Å²) in [5.41, 5.74) is 2.46. The van der Waals surface area contributed by atoms with Gasteiger partial charge in [-0.15, -0.1) is 0 Å². The monoisotopic (exact) mass is 552 g/mol. The van der Waals surface area contributed by atoms with E-state index in [1.54, 1.807) is 36.4 Å². The van der Waals surface area contributed by atoms with Gasteiger partial charge in [-0.25, -0.2) is 0 Å². The van der Waals surface area contributed by atoms with Gasteiger partial charge < -0.3 is 5.32 Å². The second-order valence-electron chi connectivity index (χ2n) is 7.69. The Morgan fingerprint density at radius 1 is 1.00 bits per heavy atom. The van der Waals surface area contributed by atoms with Crippen molar-refractivity contribution in [2.45, 2.75) is 29.4 Å². The van der Waals surface area contributed by atoms with Gasteiger partial charge in [0.15, 0.2) is 0 Å². The molecule has 2 fully saturated rings. The molecule has 1 aliphatic heterocycles. The minimum Gasteiger partial charge on any atom is -0.322 e. The van der Waals surface area contributed by atoms with Gasteiger partial charge in [-0.3, -0.25) is 19.3 Å². The first-order valence-corrected chi connectivity index (χ1v) is 11.8. The van der Waals surface area contributed by atoms with Crippen molar-refractivity contribution >= 4 is 72.6 Å². The van der Waals surface area contributed by atoms with Crippen molar-refractivity contribution in [3.05, 3.63) is 58.6 Å². The Bertz CT molecular complexity index is 1000. The number of nitrogens with zero attached hydrogens (tertiary/aromatic N) is 1. The van der Waals surface area contributed by atoms with E-state index in [9.17, 15) is 14.4 Å². The van der Waals surface area contributed by atoms with Gasteiger partial charge in [0.25, 0.3) is 5.91 Å². The molecule has 1 saturated carbocycles. The van der Waals surface area contributed by atoms with Crippen LogP contribution in [-0.4, -0.2) is 27.4 Å². The number of imide groups is 1. The van der Waals surface area contributed by atoms with E-state index in [1.165, 1.54) is 4.90 Å². The molecule has 4 atom stereocenters. The van der Waals surface area contributed by atoms with Crippen LogP contribution in [0.2, 0.25) is 5.02 Å². The van der Waals surface area contributed by atoms with Crippen LogP contribution in [0.5, 0.6) is 0 Å². The molecule has 4 rings (SSSR count). The van der Waals surface area contributed by atoms with Gasteiger partial charge in [-0.1, -0.05) is 49.5 Å². The van der Waals surface area contributed by atoms with Crippen LogP contribution in [0.1, 0.15) is 28.8 Å². The number of carbonyl (C=O) groups excluding carboxylic acids is 3. The number of alkyl halides is 2. The molecule has 0 unspecified atom stereocenters. The number of halogens is 3. The summed E-state index contributed by atoms with van der Waals surface area (Å²) in [5, 5.41) is 3.38. The second-order valence-corrected chi connectivity index (χ2v) is 10.5. The van der Waals surface area contributed by atoms with Crippen molar-refractivity contribution in [3.8, 4) is 0 Å². The van der Waals surface area contributed by atoms with Crippen molar-refractivity contribution in [1.82, 2.24) is 0 Å². The van der Waals surface area contributed by atoms with Crippen LogP contribution >= 0.6 is 43.5 Å². The summed E-state index contributed by atoms with van der Waals surface area (Å²) in [6.07, 6.45) is 1.25. The number of anilines is 2. The summed E-state index contributed by atoms with van der Waals surface area (Å²) < 4.78 is 0. The Balaban J connectivity index is 1.52. The average Bonchev–Trinajstić information content (AvgIpc) is 2.95. The fraction of sp³-hybridized carbons (Fsp3) is 0.318. The minimum absolute atomic E-state index is 0.163. The normalized spacial score (nSPS) is 25.9. The Kier molecular flexibility index (Phi) is 6.06. The zero-order chi connectivity index (χ0) is 21.6. The molecule has 0 spiro atoms. The summed E-state index contributed by atoms with van der Waals surface area (Å²) in [6.45, 7) is 1.88. The first-order valence-electron chi connectivity index (χ1n) is 9.60. The molecule has 1 aliphatic carbocycles. The first-order chi connectivity index (χ1) is 14.3. The predicted molar refractivity (Wildman–Crippen MR) is 125 cm³/mol. The highest BCUT2D eigenvalue weighted by molar-refractivity contribution is 9.12. The highest BCUT2D eigenvalue weighted by atomic mass is 79.9. The second kappa shape index (κ2) is 8.44. The van der Waals surface area contributed by atoms with Crippen LogP contribution < -0.4 is 10.2 Å². The molecule has 2 aromatic rings. The Labute approximate surface area is 196 Å². The fourth-order valence-electron chi connectivity index (χ4n) is 4.03. The van der Waals surface area contributed by atoms with Gasteiger partial charge in [0.1, 0.15) is 0 Å². The number of benzene rings is 2. The Morgan fingerprint density at radius 3 is 2.13 bits per heavy atom. The number of hydrogen-bond acceptors (Lipinski definition) is 3. The maximum Gasteiger partial charge on any atom is 0.255 e. The van der Waals surface area contributed by atoms with Crippen molar-refractivity contribution in [2.75, 3.05) is 10.2 Å². The average molecular weight is 555 g/mol. The molecule has 8 heteroatoms. The van der Waals surface area contributed by atoms with Crippen LogP contribution in [0, 0.1) is 18.8 Å². The summed E-state index contributed by atoms with van der Waals surface area (Å²) in [6, 6.07) is 11.8. The van der Waals surface area contributed by atoms with Crippen LogP contribution in [-0.2, 0) is 9.59 Å². The number of aryl methyl sites for hydroxylation is 1. The highest BCUT2D eigenvalue weighted by Crippen LogP contribution is 2.44. The van der Waals surface area contributed by atoms with E-state index in [2.05, 4.69) is 37.2 Å². The van der Waals surface area contributed by atoms with Gasteiger partial charge in [-0.2, -0.15) is 0 Å². The van der Waals surface area contributed by atoms with Crippen molar-refractivity contribution in [2.24, 2.45) is 11.8 Å². The predicted octanol–water partition coefficient (Wildman–Crippen LogP) is 5.33. The number of fused-ring (bicyclic) bond motifs is 1. The topological polar surface area (TPSA) is 66.5 Å². The van der Waals surface area contributed by atoms with Crippen LogP contribution in [0.4, 0.5) is 11.4 Å². The molecular formula is C22H19Br2ClN2O3. The van der Waals surface area contributed by atoms with E-state index >= 15 is 0 Å². The molecule has 0 bridgehead atoms. The molecule has 1 heterocycles. The van der Waals surface area contributed by atoms with Crippen molar-refractivity contribution < 1.29 is 14.4 Å². The molecule has 2 aliphatic rings. The third-order valence-electron chi connectivity index (χ3n) is 5.75. The molecule has 1 N–H and O–H groups in total. The SMILES string of the molecule is Cc1ccc(Cl)cc1NC(=O)c1ccc(N2C(=O)[C@H]3C[C@H](Br)[C@@H](Br)C[C@H]3C2=O)cc1. The standard InChI is InChI=1S/C22H19Br2ClN2O3/c1-11-2-5-13(25)8-19(11)26-20(28)12-3-6-14(7-4-12)27-21(29)15-9-17(23)18(24)10-16(15)22(27)30/h2-8,15-18H,9-10H2,1H3,(H,26,28)/t15-,16+,17-,18-/m0/s1. The zero-order valence-electron chi connectivity index (χ0n) is 16.1. The molecule has 5 nitrogen and oxygen atoms in total. The van der Waals surface area contributed by atoms with Gasteiger partial charge in [0.2, 0.25) is 11.8 Å². The summed E-state index contributed by atoms with van der Waals surface area (Å²) in [5.74, 6) is -1.22. The third kappa shape index (κ3) is 3.95. The molecule has 30 heavy (non-hydrogen) atoms. The van der Waals surface area contributed by atoms with Crippen LogP contribution in [0.15, 0.2) is 42.5 Å². The smallest absolute Gasteiger partial charge is 0.255 e. The van der Waals surface area contributed by atoms with Gasteiger partial charge in [0.05, 0.1) is 17.5 Å². The summed E-state index contributed by atoms with van der Waals surface area (Å²) in [7, 11) is 0. The maximum atomic E-state index is 12.9. The lowest BCUT2D eigenvalue weighted by Gasteiger charge is -2.29. The molecular weight excluding hydrogens is 536 g/mol. The van der Waals surface area contributed by atoms with Crippen LogP contribution in [0.25, 0.3) is 0 Å². The van der Waals surface area contributed by atoms with Gasteiger partial charge >= 0.3 is 0 Å². The molecule has 0 radical (unpaired) electrons. The fourth-order valence-corrected chi connectivity index (χ4v) is 5.44. The number of nitrogens with one attached hydrogen (secondary N) is 1. The Hall–Kier alpha value is -1.70. The van der Waals surface area contributed by atoms with Gasteiger partial charge in [0, 0.05) is 25.9 Å². The summed E-state index contributed by atoms with van der Waals surface area (Å²) in [4.78, 5) is 40.0. The number of rotatable bonds is 3. The lowest BCUT2D eigenvalue weighted by Crippen LogP contribution is -2.34. The Morgan fingerprint density at radius 2 is 1.57 bits per heavy atom. The van der Waals surface area contributed by atoms with E-state index in [-0.39, 0.29) is 39.2 Å². The summed E-state index contributed by atoms with van der Waals surface area (Å²) >= 11 is 13.2. The molecule has 2 aromatic carbocycles. The largest absolute Gasteiger partial charge is 0.322 e. The van der Waals surface area contributed by atoms with E-state index in [4.69, 9.17) is 11.6 Å². The lowest BCUT2D eigenvalue weighted by molar-refractivity contribution is -0.122. The number of amides is 3. The van der Waals surface area contributed by atoms with Crippen molar-refractivity contribution in [1.29, 1.82) is 0 Å². The number of hydrogen-bond donors (Lipinski definition) is 1. The molecule has 156 valence electrons. The lowest BCUT2D eigenvalue weighted by atomic mass is 9.81. The van der Waals surface area contributed by atoms with E-state index < -0.39 is 0 Å². The molecule has 0 aromatic heterocycles. The quantitative estimate of drug-likeness (QED) is 0.412. The van der Waals surface area contributed by atoms with Crippen LogP contribution in [0.3, 0.4) is 0 Å². The molecule has 3 amide bonds. The minimum atomic E-state index is -0.301.